The van der Waals surface area contributed by atoms with Gasteiger partial charge in [0.1, 0.15) is 17.2 Å². The van der Waals surface area contributed by atoms with Gasteiger partial charge in [-0.3, -0.25) is 0 Å². The van der Waals surface area contributed by atoms with Crippen LogP contribution in [0.3, 0.4) is 0 Å². The maximum atomic E-state index is 5.88. The minimum Gasteiger partial charge on any atom is -0.497 e. The predicted molar refractivity (Wildman–Crippen MR) is 118 cm³/mol. The van der Waals surface area contributed by atoms with E-state index in [0.29, 0.717) is 5.82 Å². The van der Waals surface area contributed by atoms with Gasteiger partial charge < -0.3 is 9.47 Å². The van der Waals surface area contributed by atoms with E-state index in [1.807, 2.05) is 78.9 Å². The number of fused-ring (bicyclic) bond motifs is 1. The van der Waals surface area contributed by atoms with Crippen molar-refractivity contribution in [1.82, 2.24) is 14.9 Å². The van der Waals surface area contributed by atoms with Crippen molar-refractivity contribution in [2.45, 2.75) is 5.16 Å². The van der Waals surface area contributed by atoms with Gasteiger partial charge >= 0.3 is 0 Å². The summed E-state index contributed by atoms with van der Waals surface area (Å²) >= 11 is 1.62. The van der Waals surface area contributed by atoms with E-state index < -0.39 is 0 Å². The van der Waals surface area contributed by atoms with E-state index in [1.54, 1.807) is 23.5 Å². The molecule has 1 aliphatic rings. The summed E-state index contributed by atoms with van der Waals surface area (Å²) in [4.78, 5) is 0. The average Bonchev–Trinajstić information content (AvgIpc) is 3.24. The van der Waals surface area contributed by atoms with Gasteiger partial charge in [-0.25, -0.2) is 0 Å². The van der Waals surface area contributed by atoms with Crippen LogP contribution in [-0.4, -0.2) is 33.4 Å². The van der Waals surface area contributed by atoms with Crippen molar-refractivity contribution >= 4 is 17.5 Å². The van der Waals surface area contributed by atoms with Crippen LogP contribution in [-0.2, 0) is 0 Å². The fourth-order valence-corrected chi connectivity index (χ4v) is 3.99. The Morgan fingerprint density at radius 2 is 1.57 bits per heavy atom. The van der Waals surface area contributed by atoms with Gasteiger partial charge in [0.15, 0.2) is 5.82 Å². The van der Waals surface area contributed by atoms with E-state index in [0.717, 1.165) is 45.0 Å². The van der Waals surface area contributed by atoms with Crippen molar-refractivity contribution in [3.63, 3.8) is 0 Å². The summed E-state index contributed by atoms with van der Waals surface area (Å²) in [7, 11) is 1.65. The van der Waals surface area contributed by atoms with Gasteiger partial charge in [-0.15, -0.1) is 10.2 Å². The summed E-state index contributed by atoms with van der Waals surface area (Å²) in [6.45, 7) is 0. The third-order valence-electron chi connectivity index (χ3n) is 4.67. The first-order valence-electron chi connectivity index (χ1n) is 9.44. The number of thioether (sulfide) groups is 1. The third kappa shape index (κ3) is 3.67. The normalized spacial score (nSPS) is 12.8. The second kappa shape index (κ2) is 8.04. The smallest absolute Gasteiger partial charge is 0.212 e. The Bertz CT molecular complexity index is 1200. The minimum absolute atomic E-state index is 0.692. The molecule has 0 atom stereocenters. The van der Waals surface area contributed by atoms with Gasteiger partial charge in [-0.2, -0.15) is 9.78 Å². The molecule has 0 bridgehead atoms. The van der Waals surface area contributed by atoms with Crippen LogP contribution in [0.15, 0.2) is 89.1 Å². The summed E-state index contributed by atoms with van der Waals surface area (Å²) in [5.74, 6) is 3.79. The van der Waals surface area contributed by atoms with Gasteiger partial charge in [0.2, 0.25) is 5.16 Å². The fraction of sp³-hybridized carbons (Fsp3) is 0.0870. The van der Waals surface area contributed by atoms with Crippen LogP contribution < -0.4 is 9.47 Å². The topological polar surface area (TPSA) is 61.5 Å². The first-order chi connectivity index (χ1) is 14.8. The molecule has 4 aromatic rings. The molecule has 2 heterocycles. The molecule has 0 spiro atoms. The Morgan fingerprint density at radius 1 is 0.800 bits per heavy atom. The molecule has 0 radical (unpaired) electrons. The van der Waals surface area contributed by atoms with Crippen LogP contribution in [0, 0.1) is 0 Å². The van der Waals surface area contributed by atoms with Gasteiger partial charge in [0, 0.05) is 11.3 Å². The molecule has 0 unspecified atom stereocenters. The standard InChI is InChI=1S/C23H18N4O2S/c1-28-20-9-5-6-17(14-20)22-24-25-23-27(22)26-21(15-30-23)16-10-12-19(13-11-16)29-18-7-3-2-4-8-18/h2-14H,15H2,1H3. The highest BCUT2D eigenvalue weighted by Gasteiger charge is 2.21. The van der Waals surface area contributed by atoms with Crippen molar-refractivity contribution in [3.05, 3.63) is 84.4 Å². The lowest BCUT2D eigenvalue weighted by atomic mass is 10.1. The molecule has 148 valence electrons. The fourth-order valence-electron chi connectivity index (χ4n) is 3.15. The second-order valence-corrected chi connectivity index (χ2v) is 7.57. The monoisotopic (exact) mass is 414 g/mol. The van der Waals surface area contributed by atoms with E-state index in [1.165, 1.54) is 0 Å². The molecule has 30 heavy (non-hydrogen) atoms. The van der Waals surface area contributed by atoms with Crippen LogP contribution in [0.5, 0.6) is 17.2 Å². The Morgan fingerprint density at radius 3 is 2.37 bits per heavy atom. The molecule has 0 saturated heterocycles. The second-order valence-electron chi connectivity index (χ2n) is 6.62. The van der Waals surface area contributed by atoms with Crippen molar-refractivity contribution < 1.29 is 9.47 Å². The van der Waals surface area contributed by atoms with E-state index in [9.17, 15) is 0 Å². The summed E-state index contributed by atoms with van der Waals surface area (Å²) in [6, 6.07) is 25.5. The highest BCUT2D eigenvalue weighted by atomic mass is 32.2. The zero-order valence-electron chi connectivity index (χ0n) is 16.2. The number of aromatic nitrogens is 3. The minimum atomic E-state index is 0.692. The first-order valence-corrected chi connectivity index (χ1v) is 10.4. The van der Waals surface area contributed by atoms with E-state index in [2.05, 4.69) is 10.2 Å². The number of rotatable bonds is 5. The summed E-state index contributed by atoms with van der Waals surface area (Å²) in [6.07, 6.45) is 0. The van der Waals surface area contributed by atoms with Crippen LogP contribution in [0.25, 0.3) is 11.4 Å². The van der Waals surface area contributed by atoms with E-state index in [-0.39, 0.29) is 0 Å². The molecule has 0 fully saturated rings. The highest BCUT2D eigenvalue weighted by Crippen LogP contribution is 2.30. The molecule has 0 amide bonds. The molecule has 1 aliphatic heterocycles. The maximum absolute atomic E-state index is 5.88. The van der Waals surface area contributed by atoms with Crippen LogP contribution >= 0.6 is 11.8 Å². The number of benzene rings is 3. The molecule has 5 rings (SSSR count). The Hall–Kier alpha value is -3.58. The molecule has 7 heteroatoms. The van der Waals surface area contributed by atoms with Crippen molar-refractivity contribution in [1.29, 1.82) is 0 Å². The van der Waals surface area contributed by atoms with Crippen LogP contribution in [0.4, 0.5) is 0 Å². The summed E-state index contributed by atoms with van der Waals surface area (Å²) in [5.41, 5.74) is 2.91. The molecule has 0 aliphatic carbocycles. The lowest BCUT2D eigenvalue weighted by molar-refractivity contribution is 0.415. The Balaban J connectivity index is 1.43. The molecule has 1 aromatic heterocycles. The number of nitrogens with zero attached hydrogens (tertiary/aromatic N) is 4. The highest BCUT2D eigenvalue weighted by molar-refractivity contribution is 7.99. The quantitative estimate of drug-likeness (QED) is 0.454. The number of para-hydroxylation sites is 1. The molecular formula is C23H18N4O2S. The van der Waals surface area contributed by atoms with Crippen molar-refractivity contribution in [2.24, 2.45) is 5.10 Å². The lowest BCUT2D eigenvalue weighted by Crippen LogP contribution is -2.13. The Kier molecular flexibility index (Phi) is 4.94. The van der Waals surface area contributed by atoms with E-state index in [4.69, 9.17) is 14.6 Å². The van der Waals surface area contributed by atoms with Gasteiger partial charge in [0.05, 0.1) is 12.8 Å². The Labute approximate surface area is 178 Å². The number of hydrogen-bond donors (Lipinski definition) is 0. The number of ether oxygens (including phenoxy) is 2. The summed E-state index contributed by atoms with van der Waals surface area (Å²) in [5, 5.41) is 14.2. The SMILES string of the molecule is COc1cccc(-c2nnc3n2N=C(c2ccc(Oc4ccccc4)cc2)CS3)c1. The molecule has 6 nitrogen and oxygen atoms in total. The van der Waals surface area contributed by atoms with Gasteiger partial charge in [0.25, 0.3) is 0 Å². The third-order valence-corrected chi connectivity index (χ3v) is 5.60. The van der Waals surface area contributed by atoms with E-state index >= 15 is 0 Å². The zero-order valence-corrected chi connectivity index (χ0v) is 17.0. The van der Waals surface area contributed by atoms with Gasteiger partial charge in [-0.1, -0.05) is 42.1 Å². The number of hydrogen-bond acceptors (Lipinski definition) is 6. The average molecular weight is 414 g/mol. The van der Waals surface area contributed by atoms with Crippen LogP contribution in [0.1, 0.15) is 5.56 Å². The lowest BCUT2D eigenvalue weighted by Gasteiger charge is -2.14. The summed E-state index contributed by atoms with van der Waals surface area (Å²) < 4.78 is 13.0. The molecule has 3 aromatic carbocycles. The van der Waals surface area contributed by atoms with Crippen molar-refractivity contribution in [3.8, 4) is 28.6 Å². The van der Waals surface area contributed by atoms with Gasteiger partial charge in [-0.05, 0) is 54.1 Å². The molecular weight excluding hydrogens is 396 g/mol. The predicted octanol–water partition coefficient (Wildman–Crippen LogP) is 5.10. The molecule has 0 N–H and O–H groups in total. The first kappa shape index (κ1) is 18.4. The van der Waals surface area contributed by atoms with Crippen LogP contribution in [0.2, 0.25) is 0 Å². The maximum Gasteiger partial charge on any atom is 0.212 e. The number of methoxy groups -OCH3 is 1. The molecule has 0 saturated carbocycles. The zero-order chi connectivity index (χ0) is 20.3. The van der Waals surface area contributed by atoms with Crippen molar-refractivity contribution in [2.75, 3.05) is 12.9 Å². The largest absolute Gasteiger partial charge is 0.497 e.